The topological polar surface area (TPSA) is 151 Å². The molecule has 0 bridgehead atoms. The van der Waals surface area contributed by atoms with E-state index >= 15 is 0 Å². The number of nitrogens with two attached hydrogens (primary N) is 1. The maximum absolute atomic E-state index is 13.1. The Balaban J connectivity index is 5.46. The van der Waals surface area contributed by atoms with Crippen LogP contribution in [-0.2, 0) is 19.2 Å². The van der Waals surface area contributed by atoms with Gasteiger partial charge in [0.15, 0.2) is 0 Å². The highest BCUT2D eigenvalue weighted by Crippen LogP contribution is 2.11. The molecule has 0 aliphatic heterocycles. The van der Waals surface area contributed by atoms with Crippen LogP contribution in [0.2, 0.25) is 0 Å². The SMILES string of the molecule is CSCCC(N)C(=O)NC(CC(C)C)C(=O)NC(CC(C)C)C(=O)NC(CC(C)C)C(=O)O. The minimum Gasteiger partial charge on any atom is -0.480 e. The van der Waals surface area contributed by atoms with E-state index in [2.05, 4.69) is 16.0 Å². The second-order valence-electron chi connectivity index (χ2n) is 9.80. The van der Waals surface area contributed by atoms with Gasteiger partial charge in [0.2, 0.25) is 17.7 Å². The molecule has 0 fully saturated rings. The third-order valence-corrected chi connectivity index (χ3v) is 5.62. The first-order chi connectivity index (χ1) is 15.3. The van der Waals surface area contributed by atoms with Crippen LogP contribution in [-0.4, -0.2) is 65.0 Å². The van der Waals surface area contributed by atoms with E-state index in [0.717, 1.165) is 5.75 Å². The van der Waals surface area contributed by atoms with Gasteiger partial charge >= 0.3 is 5.97 Å². The van der Waals surface area contributed by atoms with Gasteiger partial charge in [0.05, 0.1) is 6.04 Å². The molecular weight excluding hydrogens is 444 g/mol. The van der Waals surface area contributed by atoms with Gasteiger partial charge in [-0.05, 0) is 55.4 Å². The van der Waals surface area contributed by atoms with Crippen molar-refractivity contribution in [1.29, 1.82) is 0 Å². The molecule has 0 aromatic heterocycles. The van der Waals surface area contributed by atoms with Crippen molar-refractivity contribution in [3.8, 4) is 0 Å². The zero-order valence-corrected chi connectivity index (χ0v) is 22.0. The third kappa shape index (κ3) is 13.5. The number of nitrogens with one attached hydrogen (secondary N) is 3. The van der Waals surface area contributed by atoms with Gasteiger partial charge in [-0.1, -0.05) is 41.5 Å². The quantitative estimate of drug-likeness (QED) is 0.222. The standard InChI is InChI=1S/C23H44N4O5S/c1-13(2)10-17(25-20(28)16(24)8-9-33-7)21(29)26-18(11-14(3)4)22(30)27-19(23(31)32)12-15(5)6/h13-19H,8-12,24H2,1-7H3,(H,25,28)(H,26,29)(H,27,30)(H,31,32). The van der Waals surface area contributed by atoms with E-state index in [1.54, 1.807) is 11.8 Å². The number of thioether (sulfide) groups is 1. The number of hydrogen-bond donors (Lipinski definition) is 5. The molecule has 0 aromatic rings. The first kappa shape index (κ1) is 31.2. The van der Waals surface area contributed by atoms with E-state index in [9.17, 15) is 24.3 Å². The fraction of sp³-hybridized carbons (Fsp3) is 0.826. The van der Waals surface area contributed by atoms with Crippen LogP contribution < -0.4 is 21.7 Å². The largest absolute Gasteiger partial charge is 0.480 e. The van der Waals surface area contributed by atoms with Crippen LogP contribution in [0.4, 0.5) is 0 Å². The molecule has 10 heteroatoms. The molecule has 6 N–H and O–H groups in total. The number of rotatable bonds is 16. The Morgan fingerprint density at radius 3 is 1.45 bits per heavy atom. The van der Waals surface area contributed by atoms with Crippen molar-refractivity contribution in [3.63, 3.8) is 0 Å². The predicted molar refractivity (Wildman–Crippen MR) is 133 cm³/mol. The van der Waals surface area contributed by atoms with E-state index in [1.165, 1.54) is 0 Å². The Hall–Kier alpha value is -1.81. The number of carboxylic acid groups (broad SMARTS) is 1. The van der Waals surface area contributed by atoms with Gasteiger partial charge in [-0.2, -0.15) is 11.8 Å². The molecule has 0 radical (unpaired) electrons. The second-order valence-corrected chi connectivity index (χ2v) is 10.8. The highest BCUT2D eigenvalue weighted by atomic mass is 32.2. The highest BCUT2D eigenvalue weighted by molar-refractivity contribution is 7.98. The van der Waals surface area contributed by atoms with Crippen LogP contribution in [0.15, 0.2) is 0 Å². The summed E-state index contributed by atoms with van der Waals surface area (Å²) in [6.45, 7) is 11.4. The van der Waals surface area contributed by atoms with Crippen LogP contribution in [0.25, 0.3) is 0 Å². The van der Waals surface area contributed by atoms with E-state index in [1.807, 2.05) is 47.8 Å². The van der Waals surface area contributed by atoms with Crippen molar-refractivity contribution in [1.82, 2.24) is 16.0 Å². The lowest BCUT2D eigenvalue weighted by molar-refractivity contribution is -0.143. The maximum Gasteiger partial charge on any atom is 0.326 e. The fourth-order valence-corrected chi connectivity index (χ4v) is 3.79. The van der Waals surface area contributed by atoms with Gasteiger partial charge in [-0.25, -0.2) is 4.79 Å². The van der Waals surface area contributed by atoms with E-state index < -0.39 is 47.9 Å². The summed E-state index contributed by atoms with van der Waals surface area (Å²) in [6.07, 6.45) is 3.42. The van der Waals surface area contributed by atoms with Crippen molar-refractivity contribution in [2.24, 2.45) is 23.5 Å². The highest BCUT2D eigenvalue weighted by Gasteiger charge is 2.31. The molecule has 0 aromatic carbocycles. The van der Waals surface area contributed by atoms with Gasteiger partial charge in [-0.3, -0.25) is 14.4 Å². The first-order valence-corrected chi connectivity index (χ1v) is 13.1. The lowest BCUT2D eigenvalue weighted by Gasteiger charge is -2.27. The number of carboxylic acids is 1. The molecule has 0 aliphatic rings. The molecular formula is C23H44N4O5S. The van der Waals surface area contributed by atoms with Crippen molar-refractivity contribution >= 4 is 35.5 Å². The van der Waals surface area contributed by atoms with Gasteiger partial charge in [0.25, 0.3) is 0 Å². The van der Waals surface area contributed by atoms with E-state index in [0.29, 0.717) is 19.3 Å². The summed E-state index contributed by atoms with van der Waals surface area (Å²) in [4.78, 5) is 50.0. The molecule has 0 heterocycles. The normalized spacial score (nSPS) is 15.1. The molecule has 4 atom stereocenters. The van der Waals surface area contributed by atoms with Crippen molar-refractivity contribution in [2.45, 2.75) is 91.4 Å². The summed E-state index contributed by atoms with van der Waals surface area (Å²) in [5, 5.41) is 17.5. The van der Waals surface area contributed by atoms with Gasteiger partial charge in [0, 0.05) is 0 Å². The first-order valence-electron chi connectivity index (χ1n) is 11.7. The number of amides is 3. The van der Waals surface area contributed by atoms with Crippen molar-refractivity contribution in [3.05, 3.63) is 0 Å². The zero-order chi connectivity index (χ0) is 25.7. The average molecular weight is 489 g/mol. The van der Waals surface area contributed by atoms with Crippen LogP contribution in [0.3, 0.4) is 0 Å². The average Bonchev–Trinajstić information content (AvgIpc) is 2.68. The monoisotopic (exact) mass is 488 g/mol. The molecule has 0 saturated heterocycles. The predicted octanol–water partition coefficient (Wildman–Crippen LogP) is 1.74. The lowest BCUT2D eigenvalue weighted by atomic mass is 9.99. The molecule has 33 heavy (non-hydrogen) atoms. The molecule has 9 nitrogen and oxygen atoms in total. The van der Waals surface area contributed by atoms with Crippen molar-refractivity contribution in [2.75, 3.05) is 12.0 Å². The Morgan fingerprint density at radius 2 is 1.09 bits per heavy atom. The minimum absolute atomic E-state index is 0.0745. The molecule has 0 rings (SSSR count). The van der Waals surface area contributed by atoms with Gasteiger partial charge < -0.3 is 26.8 Å². The van der Waals surface area contributed by atoms with E-state index in [4.69, 9.17) is 5.73 Å². The van der Waals surface area contributed by atoms with Gasteiger partial charge in [0.1, 0.15) is 18.1 Å². The van der Waals surface area contributed by atoms with Crippen molar-refractivity contribution < 1.29 is 24.3 Å². The van der Waals surface area contributed by atoms with E-state index in [-0.39, 0.29) is 24.2 Å². The molecule has 4 unspecified atom stereocenters. The molecule has 3 amide bonds. The number of hydrogen-bond acceptors (Lipinski definition) is 6. The van der Waals surface area contributed by atoms with Crippen LogP contribution in [0.1, 0.15) is 67.2 Å². The summed E-state index contributed by atoms with van der Waals surface area (Å²) in [5.41, 5.74) is 5.94. The molecule has 0 aliphatic carbocycles. The zero-order valence-electron chi connectivity index (χ0n) is 21.1. The summed E-state index contributed by atoms with van der Waals surface area (Å²) in [5.74, 6) is -1.55. The Bertz CT molecular complexity index is 642. The summed E-state index contributed by atoms with van der Waals surface area (Å²) in [6, 6.07) is -3.51. The fourth-order valence-electron chi connectivity index (χ4n) is 3.30. The number of carbonyl (C=O) groups is 4. The summed E-state index contributed by atoms with van der Waals surface area (Å²) >= 11 is 1.59. The third-order valence-electron chi connectivity index (χ3n) is 4.97. The van der Waals surface area contributed by atoms with Crippen LogP contribution in [0.5, 0.6) is 0 Å². The summed E-state index contributed by atoms with van der Waals surface area (Å²) in [7, 11) is 0. The number of carbonyl (C=O) groups excluding carboxylic acids is 3. The van der Waals surface area contributed by atoms with Crippen LogP contribution >= 0.6 is 11.8 Å². The summed E-state index contributed by atoms with van der Waals surface area (Å²) < 4.78 is 0. The smallest absolute Gasteiger partial charge is 0.326 e. The molecule has 192 valence electrons. The minimum atomic E-state index is -1.11. The Kier molecular flexibility index (Phi) is 15.1. The molecule has 0 spiro atoms. The Labute approximate surface area is 202 Å². The van der Waals surface area contributed by atoms with Crippen LogP contribution in [0, 0.1) is 17.8 Å². The second kappa shape index (κ2) is 15.9. The molecule has 0 saturated carbocycles. The Morgan fingerprint density at radius 1 is 0.727 bits per heavy atom. The number of aliphatic carboxylic acids is 1. The maximum atomic E-state index is 13.1. The lowest BCUT2D eigenvalue weighted by Crippen LogP contribution is -2.57. The van der Waals surface area contributed by atoms with Gasteiger partial charge in [-0.15, -0.1) is 0 Å².